The zero-order valence-corrected chi connectivity index (χ0v) is 18.8. The first-order valence-corrected chi connectivity index (χ1v) is 9.04. The van der Waals surface area contributed by atoms with Gasteiger partial charge in [-0.25, -0.2) is 14.4 Å². The topological polar surface area (TPSA) is 64.1 Å². The summed E-state index contributed by atoms with van der Waals surface area (Å²) in [5.74, 6) is 0.783. The number of guanidine groups is 1. The van der Waals surface area contributed by atoms with Crippen LogP contribution in [0.4, 0.5) is 10.2 Å². The summed E-state index contributed by atoms with van der Waals surface area (Å²) in [7, 11) is 3.44. The van der Waals surface area contributed by atoms with Crippen LogP contribution in [0.15, 0.2) is 23.3 Å². The zero-order chi connectivity index (χ0) is 19.1. The van der Waals surface area contributed by atoms with Crippen molar-refractivity contribution in [3.8, 4) is 0 Å². The lowest BCUT2D eigenvalue weighted by Crippen LogP contribution is -2.54. The van der Waals surface area contributed by atoms with Crippen LogP contribution in [0.5, 0.6) is 0 Å². The van der Waals surface area contributed by atoms with Crippen LogP contribution in [0.2, 0.25) is 0 Å². The van der Waals surface area contributed by atoms with Gasteiger partial charge in [0.2, 0.25) is 5.91 Å². The second-order valence-corrected chi connectivity index (χ2v) is 6.66. The standard InChI is InChI=1S/C18H29FN6O.HI/c1-5-14(2)22-18(21-13-16(26)23(3)4)25-11-9-24(10-12-25)17-15(19)7-6-8-20-17;/h6-8,14H,5,9-13H2,1-4H3,(H,21,22);1H. The molecule has 0 bridgehead atoms. The predicted octanol–water partition coefficient (Wildman–Crippen LogP) is 1.79. The van der Waals surface area contributed by atoms with Crippen molar-refractivity contribution in [3.63, 3.8) is 0 Å². The molecule has 1 aliphatic heterocycles. The van der Waals surface area contributed by atoms with Crippen molar-refractivity contribution >= 4 is 41.7 Å². The van der Waals surface area contributed by atoms with Crippen LogP contribution in [0, 0.1) is 5.82 Å². The quantitative estimate of drug-likeness (QED) is 0.386. The van der Waals surface area contributed by atoms with Crippen molar-refractivity contribution in [2.24, 2.45) is 4.99 Å². The molecule has 1 saturated heterocycles. The van der Waals surface area contributed by atoms with Crippen LogP contribution in [0.3, 0.4) is 0 Å². The number of carbonyl (C=O) groups excluding carboxylic acids is 1. The third-order valence-electron chi connectivity index (χ3n) is 4.47. The lowest BCUT2D eigenvalue weighted by atomic mass is 10.2. The van der Waals surface area contributed by atoms with E-state index in [0.717, 1.165) is 12.4 Å². The van der Waals surface area contributed by atoms with E-state index in [0.29, 0.717) is 32.0 Å². The molecule has 2 rings (SSSR count). The van der Waals surface area contributed by atoms with Gasteiger partial charge in [0.15, 0.2) is 17.6 Å². The summed E-state index contributed by atoms with van der Waals surface area (Å²) in [6.07, 6.45) is 2.56. The Morgan fingerprint density at radius 2 is 2.04 bits per heavy atom. The Bertz CT molecular complexity index is 634. The van der Waals surface area contributed by atoms with Crippen LogP contribution < -0.4 is 10.2 Å². The summed E-state index contributed by atoms with van der Waals surface area (Å²) in [5, 5.41) is 3.39. The molecular formula is C18H30FIN6O. The highest BCUT2D eigenvalue weighted by molar-refractivity contribution is 14.0. The van der Waals surface area contributed by atoms with Crippen molar-refractivity contribution in [2.75, 3.05) is 51.7 Å². The average Bonchev–Trinajstić information content (AvgIpc) is 2.65. The molecule has 27 heavy (non-hydrogen) atoms. The maximum atomic E-state index is 13.9. The lowest BCUT2D eigenvalue weighted by Gasteiger charge is -2.37. The molecule has 1 aromatic rings. The van der Waals surface area contributed by atoms with Gasteiger partial charge in [0.1, 0.15) is 6.54 Å². The van der Waals surface area contributed by atoms with E-state index < -0.39 is 0 Å². The number of nitrogens with zero attached hydrogens (tertiary/aromatic N) is 5. The molecule has 0 spiro atoms. The minimum absolute atomic E-state index is 0. The van der Waals surface area contributed by atoms with Gasteiger partial charge in [0.25, 0.3) is 0 Å². The van der Waals surface area contributed by atoms with E-state index in [2.05, 4.69) is 34.0 Å². The van der Waals surface area contributed by atoms with Gasteiger partial charge in [0, 0.05) is 52.5 Å². The number of aliphatic imine (C=N–C) groups is 1. The van der Waals surface area contributed by atoms with Crippen molar-refractivity contribution in [1.82, 2.24) is 20.1 Å². The largest absolute Gasteiger partial charge is 0.354 e. The van der Waals surface area contributed by atoms with Crippen LogP contribution in [-0.2, 0) is 4.79 Å². The molecule has 7 nitrogen and oxygen atoms in total. The Morgan fingerprint density at radius 1 is 1.37 bits per heavy atom. The Labute approximate surface area is 178 Å². The smallest absolute Gasteiger partial charge is 0.243 e. The summed E-state index contributed by atoms with van der Waals surface area (Å²) >= 11 is 0. The molecule has 0 radical (unpaired) electrons. The van der Waals surface area contributed by atoms with Crippen molar-refractivity contribution in [2.45, 2.75) is 26.3 Å². The molecule has 2 heterocycles. The predicted molar refractivity (Wildman–Crippen MR) is 117 cm³/mol. The molecular weight excluding hydrogens is 462 g/mol. The number of likely N-dealkylation sites (N-methyl/N-ethyl adjacent to an activating group) is 1. The van der Waals surface area contributed by atoms with Gasteiger partial charge in [0.05, 0.1) is 0 Å². The fraction of sp³-hybridized carbons (Fsp3) is 0.611. The third kappa shape index (κ3) is 6.78. The Balaban J connectivity index is 0.00000364. The second-order valence-electron chi connectivity index (χ2n) is 6.66. The maximum absolute atomic E-state index is 13.9. The molecule has 1 N–H and O–H groups in total. The summed E-state index contributed by atoms with van der Waals surface area (Å²) in [6.45, 7) is 6.97. The van der Waals surface area contributed by atoms with Crippen LogP contribution in [-0.4, -0.2) is 79.5 Å². The van der Waals surface area contributed by atoms with Crippen LogP contribution in [0.25, 0.3) is 0 Å². The fourth-order valence-corrected chi connectivity index (χ4v) is 2.58. The molecule has 152 valence electrons. The van der Waals surface area contributed by atoms with Crippen LogP contribution >= 0.6 is 24.0 Å². The Hall–Kier alpha value is -1.65. The van der Waals surface area contributed by atoms with Gasteiger partial charge in [-0.15, -0.1) is 24.0 Å². The van der Waals surface area contributed by atoms with Gasteiger partial charge in [-0.3, -0.25) is 4.79 Å². The number of pyridine rings is 1. The van der Waals surface area contributed by atoms with E-state index in [1.165, 1.54) is 11.0 Å². The SMILES string of the molecule is CCC(C)NC(=NCC(=O)N(C)C)N1CCN(c2ncccc2F)CC1.I. The fourth-order valence-electron chi connectivity index (χ4n) is 2.58. The Kier molecular flexibility index (Phi) is 9.75. The molecule has 0 aliphatic carbocycles. The minimum atomic E-state index is -0.302. The second kappa shape index (κ2) is 11.3. The van der Waals surface area contributed by atoms with Gasteiger partial charge < -0.3 is 20.0 Å². The van der Waals surface area contributed by atoms with E-state index in [4.69, 9.17) is 0 Å². The van der Waals surface area contributed by atoms with E-state index in [1.54, 1.807) is 26.4 Å². The first-order valence-electron chi connectivity index (χ1n) is 9.04. The number of piperazine rings is 1. The van der Waals surface area contributed by atoms with E-state index >= 15 is 0 Å². The maximum Gasteiger partial charge on any atom is 0.243 e. The monoisotopic (exact) mass is 492 g/mol. The first-order chi connectivity index (χ1) is 12.4. The molecule has 1 amide bonds. The highest BCUT2D eigenvalue weighted by Crippen LogP contribution is 2.17. The molecule has 0 aromatic carbocycles. The first kappa shape index (κ1) is 23.4. The average molecular weight is 492 g/mol. The van der Waals surface area contributed by atoms with Crippen molar-refractivity contribution in [1.29, 1.82) is 0 Å². The molecule has 1 aromatic heterocycles. The number of aromatic nitrogens is 1. The van der Waals surface area contributed by atoms with Gasteiger partial charge in [-0.2, -0.15) is 0 Å². The molecule has 1 aliphatic rings. The number of hydrogen-bond donors (Lipinski definition) is 1. The Morgan fingerprint density at radius 3 is 2.59 bits per heavy atom. The van der Waals surface area contributed by atoms with Crippen LogP contribution in [0.1, 0.15) is 20.3 Å². The number of halogens is 2. The number of amides is 1. The zero-order valence-electron chi connectivity index (χ0n) is 16.5. The number of rotatable bonds is 5. The highest BCUT2D eigenvalue weighted by atomic mass is 127. The molecule has 1 atom stereocenters. The van der Waals surface area contributed by atoms with Gasteiger partial charge >= 0.3 is 0 Å². The molecule has 9 heteroatoms. The summed E-state index contributed by atoms with van der Waals surface area (Å²) in [5.41, 5.74) is 0. The highest BCUT2D eigenvalue weighted by Gasteiger charge is 2.23. The number of anilines is 1. The van der Waals surface area contributed by atoms with Gasteiger partial charge in [-0.05, 0) is 25.5 Å². The lowest BCUT2D eigenvalue weighted by molar-refractivity contribution is -0.127. The number of carbonyl (C=O) groups is 1. The number of nitrogens with one attached hydrogen (secondary N) is 1. The van der Waals surface area contributed by atoms with E-state index in [1.807, 2.05) is 4.90 Å². The summed E-state index contributed by atoms with van der Waals surface area (Å²) < 4.78 is 13.9. The van der Waals surface area contributed by atoms with Gasteiger partial charge in [-0.1, -0.05) is 6.92 Å². The van der Waals surface area contributed by atoms with E-state index in [-0.39, 0.29) is 48.3 Å². The third-order valence-corrected chi connectivity index (χ3v) is 4.47. The van der Waals surface area contributed by atoms with Crippen molar-refractivity contribution < 1.29 is 9.18 Å². The molecule has 0 saturated carbocycles. The number of hydrogen-bond acceptors (Lipinski definition) is 4. The molecule has 1 unspecified atom stereocenters. The summed E-state index contributed by atoms with van der Waals surface area (Å²) in [4.78, 5) is 26.1. The minimum Gasteiger partial charge on any atom is -0.354 e. The van der Waals surface area contributed by atoms with Crippen molar-refractivity contribution in [3.05, 3.63) is 24.1 Å². The molecule has 1 fully saturated rings. The summed E-state index contributed by atoms with van der Waals surface area (Å²) in [6, 6.07) is 3.28. The normalized spacial score (nSPS) is 15.8. The van der Waals surface area contributed by atoms with E-state index in [9.17, 15) is 9.18 Å².